The Morgan fingerprint density at radius 2 is 1.79 bits per heavy atom. The smallest absolute Gasteiger partial charge is 0.409 e. The lowest BCUT2D eigenvalue weighted by Gasteiger charge is -2.17. The number of rotatable bonds is 9. The molecule has 13 heteroatoms. The highest BCUT2D eigenvalue weighted by Crippen LogP contribution is 2.29. The van der Waals surface area contributed by atoms with Crippen molar-refractivity contribution in [2.75, 3.05) is 28.8 Å². The van der Waals surface area contributed by atoms with Crippen LogP contribution in [0, 0.1) is 0 Å². The van der Waals surface area contributed by atoms with Crippen LogP contribution in [-0.4, -0.2) is 61.5 Å². The molecule has 202 valence electrons. The van der Waals surface area contributed by atoms with Crippen LogP contribution in [0.15, 0.2) is 64.0 Å². The third-order valence-electron chi connectivity index (χ3n) is 5.09. The Balaban J connectivity index is 1.91. The number of aliphatic hydroxyl groups is 1. The predicted molar refractivity (Wildman–Crippen MR) is 147 cm³/mol. The van der Waals surface area contributed by atoms with Crippen molar-refractivity contribution in [3.63, 3.8) is 0 Å². The molecule has 3 amide bonds. The normalized spacial score (nSPS) is 13.2. The second-order valence-electron chi connectivity index (χ2n) is 8.84. The van der Waals surface area contributed by atoms with Gasteiger partial charge in [0, 0.05) is 46.4 Å². The van der Waals surface area contributed by atoms with Crippen molar-refractivity contribution < 1.29 is 24.0 Å². The van der Waals surface area contributed by atoms with Crippen molar-refractivity contribution >= 4 is 45.0 Å². The molecule has 6 N–H and O–H groups in total. The van der Waals surface area contributed by atoms with E-state index in [1.54, 1.807) is 75.5 Å². The summed E-state index contributed by atoms with van der Waals surface area (Å²) in [7, 11) is -3.00. The van der Waals surface area contributed by atoms with Crippen molar-refractivity contribution in [3.8, 4) is 11.1 Å². The number of benzene rings is 2. The van der Waals surface area contributed by atoms with E-state index >= 15 is 0 Å². The van der Waals surface area contributed by atoms with E-state index in [-0.39, 0.29) is 24.6 Å². The van der Waals surface area contributed by atoms with Gasteiger partial charge in [0.15, 0.2) is 0 Å². The van der Waals surface area contributed by atoms with Crippen molar-refractivity contribution in [1.82, 2.24) is 15.3 Å². The summed E-state index contributed by atoms with van der Waals surface area (Å²) in [6.45, 7) is 5.24. The SMILES string of the molecule is CC(C)NC(=O)N=S(C)(=O)c1cccc(Nc2ncc(-c3ccc(NC(=O)O)cc3)c(N[C@H](C)CO)n2)c1. The zero-order valence-corrected chi connectivity index (χ0v) is 22.2. The van der Waals surface area contributed by atoms with Gasteiger partial charge in [-0.1, -0.05) is 18.2 Å². The molecule has 0 fully saturated rings. The number of carbonyl (C=O) groups excluding carboxylic acids is 1. The minimum atomic E-state index is -3.00. The second kappa shape index (κ2) is 12.3. The quantitative estimate of drug-likeness (QED) is 0.230. The Hall–Kier alpha value is -4.23. The molecule has 2 aromatic carbocycles. The summed E-state index contributed by atoms with van der Waals surface area (Å²) in [6, 6.07) is 12.3. The van der Waals surface area contributed by atoms with Gasteiger partial charge >= 0.3 is 12.1 Å². The van der Waals surface area contributed by atoms with Crippen LogP contribution in [-0.2, 0) is 9.73 Å². The third-order valence-corrected chi connectivity index (χ3v) is 6.73. The number of anilines is 4. The predicted octanol–water partition coefficient (Wildman–Crippen LogP) is 4.34. The van der Waals surface area contributed by atoms with Gasteiger partial charge in [0.2, 0.25) is 5.95 Å². The standard InChI is InChI=1S/C25H31N7O5S/c1-15(2)27-24(34)32-38(4,37)20-7-5-6-19(12-20)29-23-26-13-21(22(31-23)28-16(3)14-33)17-8-10-18(11-9-17)30-25(35)36/h5-13,15-16,30,33H,14H2,1-4H3,(H,27,34)(H,35,36)(H2,26,28,29,31)/t16-,38?/m1/s1. The van der Waals surface area contributed by atoms with Crippen LogP contribution in [0.25, 0.3) is 11.1 Å². The zero-order chi connectivity index (χ0) is 27.9. The Bertz CT molecular complexity index is 1420. The highest BCUT2D eigenvalue weighted by atomic mass is 32.2. The van der Waals surface area contributed by atoms with E-state index in [1.165, 1.54) is 6.26 Å². The Morgan fingerprint density at radius 1 is 1.08 bits per heavy atom. The average Bonchev–Trinajstić information content (AvgIpc) is 2.84. The number of nitrogens with zero attached hydrogens (tertiary/aromatic N) is 3. The third kappa shape index (κ3) is 7.88. The first-order valence-electron chi connectivity index (χ1n) is 11.7. The molecule has 0 aliphatic carbocycles. The van der Waals surface area contributed by atoms with Crippen LogP contribution in [0.3, 0.4) is 0 Å². The van der Waals surface area contributed by atoms with Crippen molar-refractivity contribution in [2.45, 2.75) is 37.8 Å². The molecule has 1 unspecified atom stereocenters. The minimum absolute atomic E-state index is 0.130. The lowest BCUT2D eigenvalue weighted by atomic mass is 10.1. The van der Waals surface area contributed by atoms with Crippen molar-refractivity contribution in [3.05, 3.63) is 54.7 Å². The molecule has 38 heavy (non-hydrogen) atoms. The maximum Gasteiger partial charge on any atom is 0.409 e. The number of hydrogen-bond acceptors (Lipinski definition) is 8. The van der Waals surface area contributed by atoms with Gasteiger partial charge in [-0.25, -0.2) is 18.8 Å². The molecule has 0 aliphatic rings. The summed E-state index contributed by atoms with van der Waals surface area (Å²) >= 11 is 0. The van der Waals surface area contributed by atoms with Crippen LogP contribution in [0.2, 0.25) is 0 Å². The maximum absolute atomic E-state index is 13.1. The lowest BCUT2D eigenvalue weighted by Crippen LogP contribution is -2.28. The first-order chi connectivity index (χ1) is 18.0. The molecule has 3 rings (SSSR count). The Morgan fingerprint density at radius 3 is 2.42 bits per heavy atom. The zero-order valence-electron chi connectivity index (χ0n) is 21.4. The molecule has 1 aromatic heterocycles. The van der Waals surface area contributed by atoms with Gasteiger partial charge in [-0.3, -0.25) is 5.32 Å². The summed E-state index contributed by atoms with van der Waals surface area (Å²) in [6.07, 6.45) is 1.83. The van der Waals surface area contributed by atoms with Crippen LogP contribution >= 0.6 is 0 Å². The van der Waals surface area contributed by atoms with Gasteiger partial charge in [-0.05, 0) is 56.7 Å². The number of carboxylic acid groups (broad SMARTS) is 1. The molecule has 12 nitrogen and oxygen atoms in total. The number of nitrogens with one attached hydrogen (secondary N) is 4. The van der Waals surface area contributed by atoms with E-state index < -0.39 is 21.9 Å². The highest BCUT2D eigenvalue weighted by molar-refractivity contribution is 7.93. The maximum atomic E-state index is 13.1. The number of carbonyl (C=O) groups is 2. The molecule has 0 saturated heterocycles. The molecular formula is C25H31N7O5S. The summed E-state index contributed by atoms with van der Waals surface area (Å²) in [5, 5.41) is 29.6. The minimum Gasteiger partial charge on any atom is -0.465 e. The molecule has 0 spiro atoms. The molecule has 0 bridgehead atoms. The van der Waals surface area contributed by atoms with Gasteiger partial charge in [0.25, 0.3) is 0 Å². The van der Waals surface area contributed by atoms with Crippen molar-refractivity contribution in [1.29, 1.82) is 0 Å². The molecule has 0 saturated carbocycles. The summed E-state index contributed by atoms with van der Waals surface area (Å²) in [5.74, 6) is 0.679. The largest absolute Gasteiger partial charge is 0.465 e. The Kier molecular flexibility index (Phi) is 9.20. The van der Waals surface area contributed by atoms with Crippen LogP contribution in [0.5, 0.6) is 0 Å². The fraction of sp³-hybridized carbons (Fsp3) is 0.280. The number of aliphatic hydroxyl groups excluding tert-OH is 1. The summed E-state index contributed by atoms with van der Waals surface area (Å²) in [5.41, 5.74) is 2.32. The summed E-state index contributed by atoms with van der Waals surface area (Å²) in [4.78, 5) is 32.2. The van der Waals surface area contributed by atoms with E-state index in [0.717, 1.165) is 5.56 Å². The number of aromatic nitrogens is 2. The van der Waals surface area contributed by atoms with Gasteiger partial charge < -0.3 is 26.2 Å². The van der Waals surface area contributed by atoms with Gasteiger partial charge in [-0.15, -0.1) is 4.36 Å². The average molecular weight is 542 g/mol. The fourth-order valence-electron chi connectivity index (χ4n) is 3.32. The van der Waals surface area contributed by atoms with Gasteiger partial charge in [-0.2, -0.15) is 4.98 Å². The van der Waals surface area contributed by atoms with E-state index in [9.17, 15) is 18.9 Å². The van der Waals surface area contributed by atoms with E-state index in [4.69, 9.17) is 5.11 Å². The monoisotopic (exact) mass is 541 g/mol. The highest BCUT2D eigenvalue weighted by Gasteiger charge is 2.14. The lowest BCUT2D eigenvalue weighted by molar-refractivity contribution is 0.209. The first kappa shape index (κ1) is 28.3. The first-order valence-corrected chi connectivity index (χ1v) is 13.6. The van der Waals surface area contributed by atoms with E-state index in [1.807, 2.05) is 0 Å². The molecular weight excluding hydrogens is 510 g/mol. The molecule has 2 atom stereocenters. The number of hydrogen-bond donors (Lipinski definition) is 6. The topological polar surface area (TPSA) is 178 Å². The van der Waals surface area contributed by atoms with Gasteiger partial charge in [0.1, 0.15) is 5.82 Å². The summed E-state index contributed by atoms with van der Waals surface area (Å²) < 4.78 is 17.0. The fourth-order valence-corrected chi connectivity index (χ4v) is 4.47. The van der Waals surface area contributed by atoms with Crippen LogP contribution in [0.4, 0.5) is 32.7 Å². The van der Waals surface area contributed by atoms with Crippen molar-refractivity contribution in [2.24, 2.45) is 4.36 Å². The second-order valence-corrected chi connectivity index (χ2v) is 11.1. The Labute approximate surface area is 221 Å². The molecule has 0 aliphatic heterocycles. The molecule has 0 radical (unpaired) electrons. The molecule has 1 heterocycles. The van der Waals surface area contributed by atoms with E-state index in [0.29, 0.717) is 27.7 Å². The van der Waals surface area contributed by atoms with Crippen LogP contribution < -0.4 is 21.3 Å². The van der Waals surface area contributed by atoms with Crippen LogP contribution in [0.1, 0.15) is 20.8 Å². The molecule has 3 aromatic rings. The van der Waals surface area contributed by atoms with Gasteiger partial charge in [0.05, 0.1) is 16.3 Å². The van der Waals surface area contributed by atoms with E-state index in [2.05, 4.69) is 35.6 Å². The number of amides is 3. The number of urea groups is 1.